The van der Waals surface area contributed by atoms with Gasteiger partial charge in [-0.3, -0.25) is 14.6 Å². The van der Waals surface area contributed by atoms with Crippen LogP contribution in [0.5, 0.6) is 17.2 Å². The molecule has 0 saturated heterocycles. The zero-order chi connectivity index (χ0) is 32.8. The molecule has 0 amide bonds. The molecule has 7 nitrogen and oxygen atoms in total. The van der Waals surface area contributed by atoms with Crippen LogP contribution in [0.4, 0.5) is 0 Å². The van der Waals surface area contributed by atoms with Crippen LogP contribution >= 0.6 is 0 Å². The Balaban J connectivity index is 1.35. The zero-order valence-corrected chi connectivity index (χ0v) is 27.0. The number of carbonyl (C=O) groups excluding carboxylic acids is 2. The lowest BCUT2D eigenvalue weighted by Crippen LogP contribution is -2.38. The first-order valence-electron chi connectivity index (χ1n) is 16.0. The highest BCUT2D eigenvalue weighted by molar-refractivity contribution is 6.09. The molecule has 7 heteroatoms. The van der Waals surface area contributed by atoms with Crippen molar-refractivity contribution in [1.29, 1.82) is 0 Å². The first-order valence-corrected chi connectivity index (χ1v) is 16.0. The van der Waals surface area contributed by atoms with Gasteiger partial charge < -0.3 is 18.9 Å². The monoisotopic (exact) mass is 629 g/mol. The van der Waals surface area contributed by atoms with Crippen molar-refractivity contribution in [3.8, 4) is 17.2 Å². The van der Waals surface area contributed by atoms with Gasteiger partial charge in [0.15, 0.2) is 17.3 Å². The van der Waals surface area contributed by atoms with Gasteiger partial charge in [0.1, 0.15) is 18.3 Å². The summed E-state index contributed by atoms with van der Waals surface area (Å²) >= 11 is 0. The summed E-state index contributed by atoms with van der Waals surface area (Å²) in [4.78, 5) is 33.2. The van der Waals surface area contributed by atoms with Crippen molar-refractivity contribution in [3.63, 3.8) is 0 Å². The molecular formula is C40H39NO6. The molecule has 0 bridgehead atoms. The molecule has 3 atom stereocenters. The minimum absolute atomic E-state index is 0.0350. The maximum absolute atomic E-state index is 14.3. The molecule has 0 fully saturated rings. The Morgan fingerprint density at radius 1 is 0.787 bits per heavy atom. The van der Waals surface area contributed by atoms with Crippen molar-refractivity contribution in [3.05, 3.63) is 137 Å². The molecule has 47 heavy (non-hydrogen) atoms. The highest BCUT2D eigenvalue weighted by Crippen LogP contribution is 2.49. The van der Waals surface area contributed by atoms with E-state index < -0.39 is 17.8 Å². The number of ketones is 1. The normalized spacial score (nSPS) is 19.0. The largest absolute Gasteiger partial charge is 0.493 e. The van der Waals surface area contributed by atoms with E-state index in [2.05, 4.69) is 0 Å². The van der Waals surface area contributed by atoms with Gasteiger partial charge in [-0.25, -0.2) is 0 Å². The molecule has 0 spiro atoms. The fourth-order valence-electron chi connectivity index (χ4n) is 6.65. The van der Waals surface area contributed by atoms with Crippen LogP contribution in [0.15, 0.2) is 119 Å². The van der Waals surface area contributed by atoms with Gasteiger partial charge in [-0.1, -0.05) is 84.9 Å². The molecule has 1 aliphatic heterocycles. The van der Waals surface area contributed by atoms with Crippen molar-refractivity contribution < 1.29 is 28.5 Å². The molecule has 1 heterocycles. The van der Waals surface area contributed by atoms with Gasteiger partial charge in [0.2, 0.25) is 0 Å². The van der Waals surface area contributed by atoms with Gasteiger partial charge in [-0.15, -0.1) is 0 Å². The second-order valence-electron chi connectivity index (χ2n) is 11.9. The molecule has 4 aromatic carbocycles. The predicted molar refractivity (Wildman–Crippen MR) is 181 cm³/mol. The standard InChI is InChI=1S/C40H39NO6/c1-26-37(40(43)46-21-20-27-12-6-4-7-13-27)38(31-16-10-11-17-34(31)47-25-28-14-8-5-9-15-28)39-32(41-26)22-30(23-33(39)42)29-18-19-35(44-2)36(24-29)45-3/h4-19,24,30,37-38H,20-23,25H2,1-3H3. The number of ether oxygens (including phenoxy) is 4. The number of allylic oxidation sites excluding steroid dienone is 2. The van der Waals surface area contributed by atoms with Crippen molar-refractivity contribution in [1.82, 2.24) is 0 Å². The van der Waals surface area contributed by atoms with E-state index in [4.69, 9.17) is 23.9 Å². The number of methoxy groups -OCH3 is 2. The number of carbonyl (C=O) groups is 2. The van der Waals surface area contributed by atoms with E-state index in [0.717, 1.165) is 22.3 Å². The molecule has 240 valence electrons. The Bertz CT molecular complexity index is 1800. The fraction of sp³-hybridized carbons (Fsp3) is 0.275. The van der Waals surface area contributed by atoms with E-state index in [1.165, 1.54) is 0 Å². The van der Waals surface area contributed by atoms with Crippen LogP contribution < -0.4 is 14.2 Å². The summed E-state index contributed by atoms with van der Waals surface area (Å²) in [6.45, 7) is 2.44. The van der Waals surface area contributed by atoms with E-state index >= 15 is 0 Å². The van der Waals surface area contributed by atoms with E-state index in [0.29, 0.717) is 53.7 Å². The Kier molecular flexibility index (Phi) is 9.81. The quantitative estimate of drug-likeness (QED) is 0.159. The van der Waals surface area contributed by atoms with Crippen LogP contribution in [0.25, 0.3) is 0 Å². The zero-order valence-electron chi connectivity index (χ0n) is 27.0. The van der Waals surface area contributed by atoms with Crippen LogP contribution in [0.3, 0.4) is 0 Å². The van der Waals surface area contributed by atoms with Crippen molar-refractivity contribution in [2.24, 2.45) is 10.9 Å². The maximum Gasteiger partial charge on any atom is 0.315 e. The number of rotatable bonds is 11. The number of hydrogen-bond acceptors (Lipinski definition) is 7. The van der Waals surface area contributed by atoms with Gasteiger partial charge in [-0.2, -0.15) is 0 Å². The Labute approximate surface area is 275 Å². The predicted octanol–water partition coefficient (Wildman–Crippen LogP) is 7.64. The molecular weight excluding hydrogens is 590 g/mol. The summed E-state index contributed by atoms with van der Waals surface area (Å²) in [6, 6.07) is 33.3. The third kappa shape index (κ3) is 6.99. The Hall–Kier alpha value is -5.17. The molecule has 0 aromatic heterocycles. The molecule has 0 saturated carbocycles. The molecule has 0 N–H and O–H groups in total. The van der Waals surface area contributed by atoms with Gasteiger partial charge in [0.05, 0.1) is 20.8 Å². The summed E-state index contributed by atoms with van der Waals surface area (Å²) in [5, 5.41) is 0. The van der Waals surface area contributed by atoms with Crippen LogP contribution in [-0.2, 0) is 27.4 Å². The lowest BCUT2D eigenvalue weighted by molar-refractivity contribution is -0.146. The van der Waals surface area contributed by atoms with Gasteiger partial charge >= 0.3 is 5.97 Å². The summed E-state index contributed by atoms with van der Waals surface area (Å²) in [5.41, 5.74) is 5.74. The lowest BCUT2D eigenvalue weighted by Gasteiger charge is -2.37. The first-order chi connectivity index (χ1) is 23.0. The van der Waals surface area contributed by atoms with Crippen molar-refractivity contribution in [2.75, 3.05) is 20.8 Å². The van der Waals surface area contributed by atoms with Gasteiger partial charge in [0.25, 0.3) is 0 Å². The topological polar surface area (TPSA) is 83.4 Å². The number of para-hydroxylation sites is 1. The number of Topliss-reactive ketones (excluding diaryl/α,β-unsaturated/α-hetero) is 1. The van der Waals surface area contributed by atoms with E-state index in [1.54, 1.807) is 14.2 Å². The number of hydrogen-bond donors (Lipinski definition) is 0. The van der Waals surface area contributed by atoms with Crippen LogP contribution in [0.1, 0.15) is 53.9 Å². The second kappa shape index (κ2) is 14.5. The van der Waals surface area contributed by atoms with Gasteiger partial charge in [-0.05, 0) is 54.2 Å². The molecule has 6 rings (SSSR count). The highest BCUT2D eigenvalue weighted by Gasteiger charge is 2.45. The average molecular weight is 630 g/mol. The number of nitrogens with zero attached hydrogens (tertiary/aromatic N) is 1. The third-order valence-electron chi connectivity index (χ3n) is 8.99. The third-order valence-corrected chi connectivity index (χ3v) is 8.99. The summed E-state index contributed by atoms with van der Waals surface area (Å²) in [6.07, 6.45) is 1.42. The van der Waals surface area contributed by atoms with E-state index in [-0.39, 0.29) is 24.7 Å². The smallest absolute Gasteiger partial charge is 0.315 e. The van der Waals surface area contributed by atoms with Crippen LogP contribution in [0, 0.1) is 5.92 Å². The number of benzene rings is 4. The minimum Gasteiger partial charge on any atom is -0.493 e. The molecule has 0 radical (unpaired) electrons. The van der Waals surface area contributed by atoms with Gasteiger partial charge in [0, 0.05) is 41.3 Å². The molecule has 4 aromatic rings. The Morgan fingerprint density at radius 2 is 1.47 bits per heavy atom. The number of esters is 1. The summed E-state index contributed by atoms with van der Waals surface area (Å²) in [5.74, 6) is -0.0346. The van der Waals surface area contributed by atoms with Crippen LogP contribution in [0.2, 0.25) is 0 Å². The van der Waals surface area contributed by atoms with Crippen molar-refractivity contribution >= 4 is 17.5 Å². The van der Waals surface area contributed by atoms with Crippen molar-refractivity contribution in [2.45, 2.75) is 44.6 Å². The molecule has 3 unspecified atom stereocenters. The average Bonchev–Trinajstić information content (AvgIpc) is 3.10. The first kappa shape index (κ1) is 31.8. The highest BCUT2D eigenvalue weighted by atomic mass is 16.5. The number of aliphatic imine (C=N–C) groups is 1. The molecule has 1 aliphatic carbocycles. The minimum atomic E-state index is -0.771. The summed E-state index contributed by atoms with van der Waals surface area (Å²) < 4.78 is 23.3. The SMILES string of the molecule is COc1ccc(C2CC(=O)C3=C(C2)N=C(C)C(C(=O)OCCc2ccccc2)C3c2ccccc2OCc2ccccc2)cc1OC. The fourth-order valence-corrected chi connectivity index (χ4v) is 6.65. The van der Waals surface area contributed by atoms with E-state index in [1.807, 2.05) is 110 Å². The summed E-state index contributed by atoms with van der Waals surface area (Å²) in [7, 11) is 3.20. The maximum atomic E-state index is 14.3. The molecule has 2 aliphatic rings. The lowest BCUT2D eigenvalue weighted by atomic mass is 9.69. The second-order valence-corrected chi connectivity index (χ2v) is 11.9. The van der Waals surface area contributed by atoms with E-state index in [9.17, 15) is 9.59 Å². The Morgan fingerprint density at radius 3 is 2.19 bits per heavy atom. The van der Waals surface area contributed by atoms with Crippen LogP contribution in [-0.4, -0.2) is 38.3 Å².